The number of carbonyl (C=O) groups is 6. The van der Waals surface area contributed by atoms with E-state index in [-0.39, 0.29) is 67.0 Å². The fourth-order valence-electron chi connectivity index (χ4n) is 8.64. The van der Waals surface area contributed by atoms with Gasteiger partial charge in [0, 0.05) is 51.4 Å². The van der Waals surface area contributed by atoms with Crippen molar-refractivity contribution in [3.05, 3.63) is 0 Å². The lowest BCUT2D eigenvalue weighted by molar-refractivity contribution is -0.151. The molecule has 0 saturated carbocycles. The largest absolute Gasteiger partial charge is 0.481 e. The van der Waals surface area contributed by atoms with Crippen molar-refractivity contribution in [2.75, 3.05) is 0 Å². The fourth-order valence-corrected chi connectivity index (χ4v) is 8.64. The van der Waals surface area contributed by atoms with Gasteiger partial charge in [-0.1, -0.05) is 170 Å². The standard InChI is InChI=1S/C35H66O5.C24H44O5/c1-5-9-13-15-19-27-33(28-20-16-14-10-6-2)40-35(38)30-22-24-31(36)23-21-29-34(37)39-32(25-17-11-7-3)26-18-12-8-4;1-3-5-7-9-11-17-22(18-12-10-8-6-4-2)29-24(28)20-14-16-21(25)15-13-19-23(26)27/h32-33H,5-30H2,1-4H3;22H,3-20H2,1-2H3,(H,26,27). The van der Waals surface area contributed by atoms with Crippen LogP contribution in [0, 0.1) is 0 Å². The van der Waals surface area contributed by atoms with Crippen molar-refractivity contribution in [2.24, 2.45) is 0 Å². The van der Waals surface area contributed by atoms with Gasteiger partial charge < -0.3 is 19.3 Å². The van der Waals surface area contributed by atoms with E-state index in [0.717, 1.165) is 89.9 Å². The summed E-state index contributed by atoms with van der Waals surface area (Å²) < 4.78 is 17.3. The Kier molecular flexibility index (Phi) is 52.5. The Morgan fingerprint density at radius 1 is 0.275 bits per heavy atom. The first-order chi connectivity index (χ1) is 33.4. The van der Waals surface area contributed by atoms with Crippen molar-refractivity contribution in [1.82, 2.24) is 0 Å². The maximum absolute atomic E-state index is 12.5. The Morgan fingerprint density at radius 2 is 0.478 bits per heavy atom. The summed E-state index contributed by atoms with van der Waals surface area (Å²) in [5.74, 6) is -1.27. The molecule has 0 aliphatic heterocycles. The molecule has 0 unspecified atom stereocenters. The van der Waals surface area contributed by atoms with Crippen molar-refractivity contribution in [3.8, 4) is 0 Å². The van der Waals surface area contributed by atoms with Gasteiger partial charge in [-0.15, -0.1) is 0 Å². The number of unbranched alkanes of at least 4 members (excludes halogenated alkanes) is 20. The number of carboxylic acid groups (broad SMARTS) is 1. The van der Waals surface area contributed by atoms with Crippen LogP contribution < -0.4 is 0 Å². The Balaban J connectivity index is 0. The topological polar surface area (TPSA) is 150 Å². The molecule has 0 spiro atoms. The van der Waals surface area contributed by atoms with Crippen LogP contribution >= 0.6 is 0 Å². The number of ether oxygens (including phenoxy) is 3. The molecule has 0 bridgehead atoms. The van der Waals surface area contributed by atoms with Gasteiger partial charge in [-0.2, -0.15) is 0 Å². The number of aliphatic carboxylic acids is 1. The maximum atomic E-state index is 12.5. The van der Waals surface area contributed by atoms with Gasteiger partial charge in [0.15, 0.2) is 0 Å². The monoisotopic (exact) mass is 979 g/mol. The van der Waals surface area contributed by atoms with Gasteiger partial charge in [0.1, 0.15) is 29.9 Å². The third kappa shape index (κ3) is 51.4. The summed E-state index contributed by atoms with van der Waals surface area (Å²) in [7, 11) is 0. The summed E-state index contributed by atoms with van der Waals surface area (Å²) in [5, 5.41) is 8.59. The van der Waals surface area contributed by atoms with E-state index >= 15 is 0 Å². The molecule has 10 heteroatoms. The van der Waals surface area contributed by atoms with E-state index in [4.69, 9.17) is 19.3 Å². The normalized spacial score (nSPS) is 11.2. The molecular weight excluding hydrogens is 869 g/mol. The molecule has 406 valence electrons. The predicted molar refractivity (Wildman–Crippen MR) is 284 cm³/mol. The molecular formula is C59H110O10. The van der Waals surface area contributed by atoms with Crippen LogP contribution in [0.2, 0.25) is 0 Å². The first-order valence-corrected chi connectivity index (χ1v) is 29.3. The average molecular weight is 980 g/mol. The zero-order chi connectivity index (χ0) is 51.4. The minimum Gasteiger partial charge on any atom is -0.481 e. The first kappa shape index (κ1) is 68.3. The van der Waals surface area contributed by atoms with E-state index in [1.54, 1.807) is 0 Å². The van der Waals surface area contributed by atoms with Gasteiger partial charge in [-0.3, -0.25) is 28.8 Å². The molecule has 0 aliphatic rings. The minimum atomic E-state index is -0.878. The summed E-state index contributed by atoms with van der Waals surface area (Å²) in [4.78, 5) is 71.6. The number of carbonyl (C=O) groups excluding carboxylic acids is 5. The van der Waals surface area contributed by atoms with Crippen LogP contribution in [0.3, 0.4) is 0 Å². The summed E-state index contributed by atoms with van der Waals surface area (Å²) >= 11 is 0. The molecule has 0 aliphatic carbocycles. The lowest BCUT2D eigenvalue weighted by Gasteiger charge is -2.18. The quantitative estimate of drug-likeness (QED) is 0.0354. The van der Waals surface area contributed by atoms with E-state index in [9.17, 15) is 28.8 Å². The Labute approximate surface area is 424 Å². The molecule has 10 nitrogen and oxygen atoms in total. The highest BCUT2D eigenvalue weighted by atomic mass is 16.6. The number of ketones is 2. The molecule has 0 radical (unpaired) electrons. The molecule has 0 amide bonds. The lowest BCUT2D eigenvalue weighted by atomic mass is 10.0. The Bertz CT molecular complexity index is 1180. The molecule has 69 heavy (non-hydrogen) atoms. The molecule has 0 heterocycles. The average Bonchev–Trinajstić information content (AvgIpc) is 3.31. The summed E-state index contributed by atoms with van der Waals surface area (Å²) in [6, 6.07) is 0. The molecule has 0 rings (SSSR count). The van der Waals surface area contributed by atoms with Gasteiger partial charge in [0.25, 0.3) is 0 Å². The SMILES string of the molecule is CCCCCCCC(CCCCCCC)OC(=O)CCCC(=O)CCCC(=O)O.CCCCCCCC(CCCCCCC)OC(=O)CCCC(=O)CCCC(=O)OC(CCCCC)CCCCC. The van der Waals surface area contributed by atoms with Gasteiger partial charge in [0.05, 0.1) is 0 Å². The van der Waals surface area contributed by atoms with Crippen LogP contribution in [0.1, 0.15) is 324 Å². The van der Waals surface area contributed by atoms with Crippen LogP contribution in [-0.2, 0) is 43.0 Å². The van der Waals surface area contributed by atoms with Crippen molar-refractivity contribution >= 4 is 35.4 Å². The molecule has 0 aromatic carbocycles. The number of rotatable bonds is 51. The number of carboxylic acids is 1. The molecule has 0 fully saturated rings. The molecule has 0 aromatic rings. The van der Waals surface area contributed by atoms with Gasteiger partial charge >= 0.3 is 23.9 Å². The van der Waals surface area contributed by atoms with Crippen molar-refractivity contribution < 1.29 is 48.1 Å². The molecule has 0 aromatic heterocycles. The van der Waals surface area contributed by atoms with Crippen LogP contribution in [-0.4, -0.2) is 58.9 Å². The smallest absolute Gasteiger partial charge is 0.306 e. The van der Waals surface area contributed by atoms with E-state index in [2.05, 4.69) is 41.5 Å². The lowest BCUT2D eigenvalue weighted by Crippen LogP contribution is -2.19. The minimum absolute atomic E-state index is 0.0111. The maximum Gasteiger partial charge on any atom is 0.306 e. The number of esters is 3. The third-order valence-corrected chi connectivity index (χ3v) is 13.0. The molecule has 0 atom stereocenters. The second-order valence-corrected chi connectivity index (χ2v) is 20.0. The number of hydrogen-bond acceptors (Lipinski definition) is 9. The van der Waals surface area contributed by atoms with E-state index < -0.39 is 5.97 Å². The van der Waals surface area contributed by atoms with Crippen LogP contribution in [0.25, 0.3) is 0 Å². The van der Waals surface area contributed by atoms with Crippen molar-refractivity contribution in [1.29, 1.82) is 0 Å². The fraction of sp³-hybridized carbons (Fsp3) is 0.898. The third-order valence-electron chi connectivity index (χ3n) is 13.0. The number of hydrogen-bond donors (Lipinski definition) is 1. The second kappa shape index (κ2) is 53.0. The van der Waals surface area contributed by atoms with Crippen molar-refractivity contribution in [3.63, 3.8) is 0 Å². The summed E-state index contributed by atoms with van der Waals surface area (Å²) in [6.07, 6.45) is 41.0. The van der Waals surface area contributed by atoms with Gasteiger partial charge in [-0.05, 0) is 103 Å². The van der Waals surface area contributed by atoms with Crippen LogP contribution in [0.4, 0.5) is 0 Å². The second-order valence-electron chi connectivity index (χ2n) is 20.0. The Morgan fingerprint density at radius 3 is 0.710 bits per heavy atom. The van der Waals surface area contributed by atoms with Crippen LogP contribution in [0.5, 0.6) is 0 Å². The predicted octanol–water partition coefficient (Wildman–Crippen LogP) is 17.2. The van der Waals surface area contributed by atoms with E-state index in [1.165, 1.54) is 116 Å². The molecule has 1 N–H and O–H groups in total. The Hall–Kier alpha value is -2.78. The highest BCUT2D eigenvalue weighted by molar-refractivity contribution is 5.80. The van der Waals surface area contributed by atoms with Gasteiger partial charge in [0.2, 0.25) is 0 Å². The van der Waals surface area contributed by atoms with Crippen molar-refractivity contribution in [2.45, 2.75) is 342 Å². The highest BCUT2D eigenvalue weighted by Gasteiger charge is 2.18. The first-order valence-electron chi connectivity index (χ1n) is 29.3. The molecule has 0 saturated heterocycles. The summed E-state index contributed by atoms with van der Waals surface area (Å²) in [6.45, 7) is 13.2. The number of Topliss-reactive ketones (excluding diaryl/α,β-unsaturated/α-hetero) is 2. The summed E-state index contributed by atoms with van der Waals surface area (Å²) in [5.41, 5.74) is 0. The zero-order valence-electron chi connectivity index (χ0n) is 46.0. The van der Waals surface area contributed by atoms with E-state index in [0.29, 0.717) is 57.8 Å². The van der Waals surface area contributed by atoms with E-state index in [1.807, 2.05) is 0 Å². The van der Waals surface area contributed by atoms with Gasteiger partial charge in [-0.25, -0.2) is 0 Å². The van der Waals surface area contributed by atoms with Crippen LogP contribution in [0.15, 0.2) is 0 Å². The zero-order valence-corrected chi connectivity index (χ0v) is 46.0. The highest BCUT2D eigenvalue weighted by Crippen LogP contribution is 2.20.